The van der Waals surface area contributed by atoms with Crippen LogP contribution in [0.5, 0.6) is 5.75 Å². The highest BCUT2D eigenvalue weighted by molar-refractivity contribution is 5.93. The number of rotatable bonds is 6. The van der Waals surface area contributed by atoms with E-state index in [0.717, 1.165) is 22.3 Å². The second-order valence-corrected chi connectivity index (χ2v) is 9.55. The van der Waals surface area contributed by atoms with Crippen LogP contribution in [0, 0.1) is 5.92 Å². The molecule has 6 N–H and O–H groups in total. The van der Waals surface area contributed by atoms with E-state index in [1.54, 1.807) is 25.1 Å². The van der Waals surface area contributed by atoms with E-state index in [4.69, 9.17) is 0 Å². The Labute approximate surface area is 209 Å². The van der Waals surface area contributed by atoms with Crippen LogP contribution in [-0.2, 0) is 18.6 Å². The van der Waals surface area contributed by atoms with Crippen LogP contribution >= 0.6 is 0 Å². The average molecular weight is 485 g/mol. The molecule has 5 rings (SSSR count). The Balaban J connectivity index is 1.94. The van der Waals surface area contributed by atoms with Gasteiger partial charge in [0.2, 0.25) is 0 Å². The van der Waals surface area contributed by atoms with Gasteiger partial charge in [-0.15, -0.1) is 0 Å². The number of benzene rings is 2. The summed E-state index contributed by atoms with van der Waals surface area (Å²) in [4.78, 5) is 0. The van der Waals surface area contributed by atoms with Crippen molar-refractivity contribution in [3.63, 3.8) is 0 Å². The van der Waals surface area contributed by atoms with E-state index >= 15 is 0 Å². The Morgan fingerprint density at radius 3 is 2.22 bits per heavy atom. The van der Waals surface area contributed by atoms with Gasteiger partial charge in [-0.1, -0.05) is 47.9 Å². The van der Waals surface area contributed by atoms with Gasteiger partial charge in [0.25, 0.3) is 0 Å². The summed E-state index contributed by atoms with van der Waals surface area (Å²) < 4.78 is 0. The van der Waals surface area contributed by atoms with E-state index in [9.17, 15) is 30.6 Å². The molecule has 2 aromatic rings. The van der Waals surface area contributed by atoms with Gasteiger partial charge in [-0.3, -0.25) is 0 Å². The molecule has 2 aromatic carbocycles. The second-order valence-electron chi connectivity index (χ2n) is 9.55. The van der Waals surface area contributed by atoms with E-state index in [1.807, 2.05) is 42.5 Å². The van der Waals surface area contributed by atoms with Gasteiger partial charge >= 0.3 is 0 Å². The maximum absolute atomic E-state index is 11.2. The topological polar surface area (TPSA) is 121 Å². The van der Waals surface area contributed by atoms with Crippen molar-refractivity contribution in [3.05, 3.63) is 117 Å². The van der Waals surface area contributed by atoms with Gasteiger partial charge in [0.1, 0.15) is 5.75 Å². The van der Waals surface area contributed by atoms with Gasteiger partial charge in [-0.05, 0) is 70.2 Å². The first-order chi connectivity index (χ1) is 17.3. The lowest BCUT2D eigenvalue weighted by molar-refractivity contribution is 0.0176. The van der Waals surface area contributed by atoms with Crippen molar-refractivity contribution in [2.45, 2.75) is 31.2 Å². The molecule has 0 fully saturated rings. The summed E-state index contributed by atoms with van der Waals surface area (Å²) in [7, 11) is 0. The highest BCUT2D eigenvalue weighted by Crippen LogP contribution is 2.58. The van der Waals surface area contributed by atoms with Gasteiger partial charge in [0, 0.05) is 17.0 Å². The summed E-state index contributed by atoms with van der Waals surface area (Å²) in [5.74, 6) is -0.863. The molecule has 0 radical (unpaired) electrons. The third-order valence-corrected chi connectivity index (χ3v) is 7.76. The van der Waals surface area contributed by atoms with E-state index in [0.29, 0.717) is 16.7 Å². The lowest BCUT2D eigenvalue weighted by Crippen LogP contribution is -2.43. The number of phenols is 1. The maximum atomic E-state index is 11.2. The third kappa shape index (κ3) is 3.26. The number of hydrogen-bond donors (Lipinski definition) is 6. The number of aliphatic hydroxyl groups is 5. The second kappa shape index (κ2) is 8.90. The Kier molecular flexibility index (Phi) is 6.00. The molecule has 0 spiro atoms. The van der Waals surface area contributed by atoms with Crippen LogP contribution in [0.4, 0.5) is 0 Å². The first-order valence-corrected chi connectivity index (χ1v) is 11.8. The normalized spacial score (nSPS) is 26.1. The van der Waals surface area contributed by atoms with Crippen molar-refractivity contribution in [2.24, 2.45) is 5.92 Å². The maximum Gasteiger partial charge on any atom is 0.126 e. The fourth-order valence-electron chi connectivity index (χ4n) is 5.78. The molecule has 3 aliphatic carbocycles. The first kappa shape index (κ1) is 24.3. The minimum Gasteiger partial charge on any atom is -0.507 e. The molecule has 3 unspecified atom stereocenters. The molecular weight excluding hydrogens is 456 g/mol. The Morgan fingerprint density at radius 1 is 0.917 bits per heavy atom. The molecule has 0 saturated carbocycles. The van der Waals surface area contributed by atoms with Crippen LogP contribution in [0.25, 0.3) is 5.57 Å². The van der Waals surface area contributed by atoms with Gasteiger partial charge in [0.15, 0.2) is 0 Å². The molecule has 0 aliphatic heterocycles. The molecule has 0 aromatic heterocycles. The van der Waals surface area contributed by atoms with Crippen molar-refractivity contribution in [1.29, 1.82) is 0 Å². The van der Waals surface area contributed by atoms with Gasteiger partial charge in [0.05, 0.1) is 37.4 Å². The number of aromatic hydroxyl groups is 1. The van der Waals surface area contributed by atoms with Crippen LogP contribution in [0.1, 0.15) is 34.7 Å². The van der Waals surface area contributed by atoms with E-state index in [1.165, 1.54) is 0 Å². The number of hydrogen-bond acceptors (Lipinski definition) is 6. The van der Waals surface area contributed by atoms with Crippen molar-refractivity contribution in [1.82, 2.24) is 0 Å². The zero-order valence-corrected chi connectivity index (χ0v) is 19.9. The Hall–Kier alpha value is -3.44. The van der Waals surface area contributed by atoms with Crippen LogP contribution in [0.15, 0.2) is 88.9 Å². The van der Waals surface area contributed by atoms with Gasteiger partial charge < -0.3 is 30.6 Å². The summed E-state index contributed by atoms with van der Waals surface area (Å²) in [6.45, 7) is -0.0389. The monoisotopic (exact) mass is 484 g/mol. The van der Waals surface area contributed by atoms with E-state index in [-0.39, 0.29) is 23.5 Å². The Bertz CT molecular complexity index is 1420. The number of aliphatic hydroxyl groups excluding tert-OH is 4. The van der Waals surface area contributed by atoms with Crippen molar-refractivity contribution >= 4 is 5.57 Å². The zero-order valence-electron chi connectivity index (χ0n) is 19.9. The predicted octanol–water partition coefficient (Wildman–Crippen LogP) is 2.53. The standard InChI is InChI=1S/C30H28O6/c1-29(36)22(16-33)12-21(13-23(29)17-34)30(20-10-18(14-31)28(35)19(11-20)15-32)26-8-4-2-6-24(26)25-7-3-5-9-27(25)30/h2,4,6-13,22,31-36H,14-17H2,1H3. The highest BCUT2D eigenvalue weighted by atomic mass is 16.3. The fraction of sp³-hybridized carbons (Fsp3) is 0.267. The van der Waals surface area contributed by atoms with E-state index in [2.05, 4.69) is 11.5 Å². The molecular formula is C30H28O6. The zero-order chi connectivity index (χ0) is 25.7. The quantitative estimate of drug-likeness (QED) is 0.351. The summed E-state index contributed by atoms with van der Waals surface area (Å²) in [6, 6.07) is 11.3. The smallest absolute Gasteiger partial charge is 0.126 e. The van der Waals surface area contributed by atoms with Crippen LogP contribution in [0.2, 0.25) is 0 Å². The van der Waals surface area contributed by atoms with Crippen LogP contribution in [0.3, 0.4) is 0 Å². The van der Waals surface area contributed by atoms with Crippen LogP contribution < -0.4 is 0 Å². The molecule has 6 heteroatoms. The average Bonchev–Trinajstić information content (AvgIpc) is 3.20. The number of allylic oxidation sites excluding steroid dienone is 6. The van der Waals surface area contributed by atoms with E-state index < -0.39 is 36.8 Å². The van der Waals surface area contributed by atoms with Crippen molar-refractivity contribution in [3.8, 4) is 5.75 Å². The summed E-state index contributed by atoms with van der Waals surface area (Å²) in [5.41, 5.74) is 9.56. The molecule has 0 heterocycles. The lowest BCUT2D eigenvalue weighted by atomic mass is 9.62. The minimum atomic E-state index is -1.45. The predicted molar refractivity (Wildman–Crippen MR) is 135 cm³/mol. The highest BCUT2D eigenvalue weighted by Gasteiger charge is 2.50. The molecule has 0 bridgehead atoms. The molecule has 3 atom stereocenters. The summed E-state index contributed by atoms with van der Waals surface area (Å²) >= 11 is 0. The summed E-state index contributed by atoms with van der Waals surface area (Å²) in [6.07, 6.45) is 7.29. The lowest BCUT2D eigenvalue weighted by Gasteiger charge is -2.42. The van der Waals surface area contributed by atoms with Gasteiger partial charge in [-0.25, -0.2) is 0 Å². The Morgan fingerprint density at radius 2 is 1.58 bits per heavy atom. The summed E-state index contributed by atoms with van der Waals surface area (Å²) in [5, 5.41) is 62.3. The molecule has 6 nitrogen and oxygen atoms in total. The fourth-order valence-corrected chi connectivity index (χ4v) is 5.78. The SMILES string of the molecule is CC1(O)C(CO)=CC(C2(c3cc(CO)c(O)c(CO)c3)C3=C(C=C=C=C3)c3ccccc32)=CC1CO. The largest absolute Gasteiger partial charge is 0.507 e. The first-order valence-electron chi connectivity index (χ1n) is 11.8. The molecule has 184 valence electrons. The molecule has 0 saturated heterocycles. The molecule has 3 aliphatic rings. The van der Waals surface area contributed by atoms with Crippen LogP contribution in [-0.4, -0.2) is 49.5 Å². The minimum absolute atomic E-state index is 0.168. The van der Waals surface area contributed by atoms with Crippen molar-refractivity contribution < 1.29 is 30.6 Å². The van der Waals surface area contributed by atoms with Gasteiger partial charge in [-0.2, -0.15) is 0 Å². The molecule has 36 heavy (non-hydrogen) atoms. The van der Waals surface area contributed by atoms with Crippen molar-refractivity contribution in [2.75, 3.05) is 13.2 Å². The molecule has 0 amide bonds. The number of fused-ring (bicyclic) bond motifs is 2. The third-order valence-electron chi connectivity index (χ3n) is 7.76.